The number of aryl methyl sites for hydroxylation is 1. The summed E-state index contributed by atoms with van der Waals surface area (Å²) in [4.78, 5) is 14.7. The molecule has 22 heavy (non-hydrogen) atoms. The number of ether oxygens (including phenoxy) is 1. The minimum atomic E-state index is 0.0189. The van der Waals surface area contributed by atoms with Crippen molar-refractivity contribution in [3.05, 3.63) is 11.6 Å². The van der Waals surface area contributed by atoms with E-state index in [4.69, 9.17) is 4.74 Å². The Morgan fingerprint density at radius 3 is 3.00 bits per heavy atom. The van der Waals surface area contributed by atoms with Crippen LogP contribution >= 0.6 is 0 Å². The van der Waals surface area contributed by atoms with Crippen molar-refractivity contribution in [1.29, 1.82) is 0 Å². The molecular weight excluding hydrogens is 280 g/mol. The van der Waals surface area contributed by atoms with Gasteiger partial charge in [0.05, 0.1) is 6.10 Å². The van der Waals surface area contributed by atoms with Crippen molar-refractivity contribution in [2.24, 2.45) is 0 Å². The highest BCUT2D eigenvalue weighted by molar-refractivity contribution is 5.90. The number of amides is 1. The number of piperidine rings is 1. The molecule has 0 bridgehead atoms. The number of rotatable bonds is 4. The van der Waals surface area contributed by atoms with Crippen LogP contribution in [-0.2, 0) is 17.7 Å². The Kier molecular flexibility index (Phi) is 5.08. The Balaban J connectivity index is 1.69. The first kappa shape index (κ1) is 15.5. The van der Waals surface area contributed by atoms with Crippen LogP contribution in [0.5, 0.6) is 0 Å². The summed E-state index contributed by atoms with van der Waals surface area (Å²) in [7, 11) is 0. The average Bonchev–Trinajstić information content (AvgIpc) is 2.81. The van der Waals surface area contributed by atoms with Gasteiger partial charge in [0.15, 0.2) is 0 Å². The zero-order valence-electron chi connectivity index (χ0n) is 13.5. The molecule has 0 unspecified atom stereocenters. The van der Waals surface area contributed by atoms with E-state index in [0.29, 0.717) is 12.4 Å². The van der Waals surface area contributed by atoms with E-state index in [9.17, 15) is 4.79 Å². The predicted octanol–water partition coefficient (Wildman–Crippen LogP) is 2.04. The van der Waals surface area contributed by atoms with E-state index >= 15 is 0 Å². The molecule has 1 fully saturated rings. The van der Waals surface area contributed by atoms with Crippen molar-refractivity contribution in [3.63, 3.8) is 0 Å². The summed E-state index contributed by atoms with van der Waals surface area (Å²) in [6.45, 7) is 5.23. The maximum atomic E-state index is 12.8. The second-order valence-corrected chi connectivity index (χ2v) is 6.29. The molecule has 1 atom stereocenters. The van der Waals surface area contributed by atoms with Gasteiger partial charge in [-0.25, -0.2) is 0 Å². The third kappa shape index (κ3) is 3.32. The molecule has 3 rings (SSSR count). The fourth-order valence-electron chi connectivity index (χ4n) is 3.33. The molecule has 1 aromatic rings. The molecule has 6 heteroatoms. The van der Waals surface area contributed by atoms with E-state index in [1.54, 1.807) is 0 Å². The molecule has 0 aromatic carbocycles. The van der Waals surface area contributed by atoms with Gasteiger partial charge in [0.1, 0.15) is 5.82 Å². The van der Waals surface area contributed by atoms with Crippen LogP contribution in [-0.4, -0.2) is 51.4 Å². The first-order valence-electron chi connectivity index (χ1n) is 8.62. The molecule has 1 saturated heterocycles. The van der Waals surface area contributed by atoms with Crippen LogP contribution in [0.25, 0.3) is 0 Å². The second kappa shape index (κ2) is 7.22. The van der Waals surface area contributed by atoms with Crippen molar-refractivity contribution in [2.75, 3.05) is 19.7 Å². The molecule has 0 saturated carbocycles. The molecule has 0 aliphatic carbocycles. The lowest BCUT2D eigenvalue weighted by atomic mass is 10.1. The number of carbonyl (C=O) groups excluding carboxylic acids is 1. The van der Waals surface area contributed by atoms with Gasteiger partial charge in [0.25, 0.3) is 5.91 Å². The molecule has 1 amide bonds. The topological polar surface area (TPSA) is 60.2 Å². The van der Waals surface area contributed by atoms with E-state index < -0.39 is 0 Å². The van der Waals surface area contributed by atoms with E-state index in [-0.39, 0.29) is 12.0 Å². The summed E-state index contributed by atoms with van der Waals surface area (Å²) in [6, 6.07) is 0. The molecule has 0 N–H and O–H groups in total. The Morgan fingerprint density at radius 2 is 2.14 bits per heavy atom. The lowest BCUT2D eigenvalue weighted by Crippen LogP contribution is -2.44. The van der Waals surface area contributed by atoms with Gasteiger partial charge in [0.2, 0.25) is 5.82 Å². The number of nitrogens with zero attached hydrogens (tertiary/aromatic N) is 4. The van der Waals surface area contributed by atoms with E-state index in [2.05, 4.69) is 17.1 Å². The van der Waals surface area contributed by atoms with Gasteiger partial charge in [-0.15, -0.1) is 10.2 Å². The third-order valence-electron chi connectivity index (χ3n) is 4.52. The van der Waals surface area contributed by atoms with Crippen molar-refractivity contribution in [2.45, 2.75) is 64.5 Å². The van der Waals surface area contributed by atoms with Crippen LogP contribution in [0, 0.1) is 0 Å². The number of carbonyl (C=O) groups is 1. The number of hydrogen-bond donors (Lipinski definition) is 0. The van der Waals surface area contributed by atoms with Crippen LogP contribution in [0.15, 0.2) is 0 Å². The standard InChI is InChI=1S/C16H26N4O2/c1-2-11-22-13-7-6-9-19(12-13)16(21)15-18-17-14-8-4-3-5-10-20(14)15/h13H,2-12H2,1H3/t13-/m1/s1. The SMILES string of the molecule is CCCO[C@@H]1CCCN(C(=O)c2nnc3n2CCCCC3)C1. The van der Waals surface area contributed by atoms with Crippen molar-refractivity contribution < 1.29 is 9.53 Å². The number of hydrogen-bond acceptors (Lipinski definition) is 4. The highest BCUT2D eigenvalue weighted by Gasteiger charge is 2.29. The zero-order chi connectivity index (χ0) is 15.4. The zero-order valence-corrected chi connectivity index (χ0v) is 13.5. The number of likely N-dealkylation sites (tertiary alicyclic amines) is 1. The largest absolute Gasteiger partial charge is 0.376 e. The summed E-state index contributed by atoms with van der Waals surface area (Å²) in [5, 5.41) is 8.42. The Morgan fingerprint density at radius 1 is 1.23 bits per heavy atom. The lowest BCUT2D eigenvalue weighted by molar-refractivity contribution is 0.00154. The summed E-state index contributed by atoms with van der Waals surface area (Å²) in [5.41, 5.74) is 0. The molecule has 0 radical (unpaired) electrons. The van der Waals surface area contributed by atoms with Gasteiger partial charge >= 0.3 is 0 Å². The number of aromatic nitrogens is 3. The summed E-state index contributed by atoms with van der Waals surface area (Å²) in [6.07, 6.45) is 7.61. The van der Waals surface area contributed by atoms with Gasteiger partial charge < -0.3 is 14.2 Å². The van der Waals surface area contributed by atoms with Gasteiger partial charge in [0, 0.05) is 32.7 Å². The molecule has 3 heterocycles. The fourth-order valence-corrected chi connectivity index (χ4v) is 3.33. The third-order valence-corrected chi connectivity index (χ3v) is 4.52. The lowest BCUT2D eigenvalue weighted by Gasteiger charge is -2.32. The quantitative estimate of drug-likeness (QED) is 0.854. The summed E-state index contributed by atoms with van der Waals surface area (Å²) < 4.78 is 7.86. The van der Waals surface area contributed by atoms with Gasteiger partial charge in [-0.2, -0.15) is 0 Å². The first-order valence-corrected chi connectivity index (χ1v) is 8.62. The van der Waals surface area contributed by atoms with E-state index in [0.717, 1.165) is 64.0 Å². The summed E-state index contributed by atoms with van der Waals surface area (Å²) >= 11 is 0. The van der Waals surface area contributed by atoms with Crippen LogP contribution in [0.3, 0.4) is 0 Å². The maximum absolute atomic E-state index is 12.8. The second-order valence-electron chi connectivity index (χ2n) is 6.29. The Hall–Kier alpha value is -1.43. The minimum Gasteiger partial charge on any atom is -0.376 e. The molecule has 2 aliphatic heterocycles. The van der Waals surface area contributed by atoms with Crippen LogP contribution in [0.4, 0.5) is 0 Å². The highest BCUT2D eigenvalue weighted by Crippen LogP contribution is 2.19. The van der Waals surface area contributed by atoms with Gasteiger partial charge in [-0.05, 0) is 32.1 Å². The molecular formula is C16H26N4O2. The van der Waals surface area contributed by atoms with Gasteiger partial charge in [-0.1, -0.05) is 13.3 Å². The molecule has 0 spiro atoms. The van der Waals surface area contributed by atoms with Crippen LogP contribution in [0.1, 0.15) is 61.9 Å². The molecule has 1 aromatic heterocycles. The molecule has 122 valence electrons. The van der Waals surface area contributed by atoms with Crippen molar-refractivity contribution in [3.8, 4) is 0 Å². The normalized spacial score (nSPS) is 22.2. The Bertz CT molecular complexity index is 514. The maximum Gasteiger partial charge on any atom is 0.291 e. The van der Waals surface area contributed by atoms with Crippen LogP contribution < -0.4 is 0 Å². The fraction of sp³-hybridized carbons (Fsp3) is 0.812. The highest BCUT2D eigenvalue weighted by atomic mass is 16.5. The summed E-state index contributed by atoms with van der Waals surface area (Å²) in [5.74, 6) is 1.51. The van der Waals surface area contributed by atoms with E-state index in [1.807, 2.05) is 9.47 Å². The molecule has 6 nitrogen and oxygen atoms in total. The molecule has 2 aliphatic rings. The smallest absolute Gasteiger partial charge is 0.291 e. The Labute approximate surface area is 131 Å². The first-order chi connectivity index (χ1) is 10.8. The van der Waals surface area contributed by atoms with Crippen molar-refractivity contribution >= 4 is 5.91 Å². The predicted molar refractivity (Wildman–Crippen MR) is 82.7 cm³/mol. The van der Waals surface area contributed by atoms with Gasteiger partial charge in [-0.3, -0.25) is 4.79 Å². The monoisotopic (exact) mass is 306 g/mol. The average molecular weight is 306 g/mol. The minimum absolute atomic E-state index is 0.0189. The number of fused-ring (bicyclic) bond motifs is 1. The van der Waals surface area contributed by atoms with Crippen molar-refractivity contribution in [1.82, 2.24) is 19.7 Å². The van der Waals surface area contributed by atoms with Crippen LogP contribution in [0.2, 0.25) is 0 Å². The van der Waals surface area contributed by atoms with E-state index in [1.165, 1.54) is 6.42 Å².